The number of nitrogens with one attached hydrogen (secondary N) is 1. The maximum Gasteiger partial charge on any atom is 0.124 e. The molecule has 0 saturated carbocycles. The van der Waals surface area contributed by atoms with Gasteiger partial charge in [0.1, 0.15) is 5.75 Å². The molecule has 1 N–H and O–H groups in total. The summed E-state index contributed by atoms with van der Waals surface area (Å²) in [7, 11) is 0. The van der Waals surface area contributed by atoms with E-state index in [4.69, 9.17) is 4.74 Å². The van der Waals surface area contributed by atoms with Gasteiger partial charge >= 0.3 is 0 Å². The molecule has 3 rings (SSSR count). The van der Waals surface area contributed by atoms with Crippen LogP contribution < -0.4 is 10.1 Å². The number of hydrogen-bond donors (Lipinski definition) is 1. The van der Waals surface area contributed by atoms with E-state index in [1.54, 1.807) is 0 Å². The first-order chi connectivity index (χ1) is 11.3. The minimum atomic E-state index is 0.296. The highest BCUT2D eigenvalue weighted by atomic mass is 16.5. The van der Waals surface area contributed by atoms with Gasteiger partial charge in [-0.15, -0.1) is 0 Å². The fraction of sp³-hybridized carbons (Fsp3) is 0.238. The highest BCUT2D eigenvalue weighted by Gasteiger charge is 2.11. The van der Waals surface area contributed by atoms with Crippen LogP contribution in [0, 0.1) is 0 Å². The van der Waals surface area contributed by atoms with Crippen molar-refractivity contribution in [3.63, 3.8) is 0 Å². The Bertz CT molecular complexity index is 767. The average Bonchev–Trinajstić information content (AvgIpc) is 2.61. The predicted molar refractivity (Wildman–Crippen MR) is 96.8 cm³/mol. The second kappa shape index (κ2) is 7.30. The lowest BCUT2D eigenvalue weighted by Gasteiger charge is -2.18. The minimum Gasteiger partial charge on any atom is -0.494 e. The van der Waals surface area contributed by atoms with Crippen LogP contribution in [-0.2, 0) is 6.54 Å². The Labute approximate surface area is 138 Å². The molecule has 3 aromatic carbocycles. The molecule has 0 aliphatic rings. The van der Waals surface area contributed by atoms with Crippen LogP contribution in [0.15, 0.2) is 66.7 Å². The number of benzene rings is 3. The lowest BCUT2D eigenvalue weighted by atomic mass is 10.0. The molecule has 0 radical (unpaired) electrons. The largest absolute Gasteiger partial charge is 0.494 e. The van der Waals surface area contributed by atoms with Gasteiger partial charge < -0.3 is 10.1 Å². The Morgan fingerprint density at radius 2 is 1.65 bits per heavy atom. The first-order valence-corrected chi connectivity index (χ1v) is 8.21. The highest BCUT2D eigenvalue weighted by molar-refractivity contribution is 5.87. The zero-order chi connectivity index (χ0) is 16.1. The molecule has 118 valence electrons. The minimum absolute atomic E-state index is 0.296. The number of fused-ring (bicyclic) bond motifs is 1. The summed E-state index contributed by atoms with van der Waals surface area (Å²) in [6.45, 7) is 5.69. The van der Waals surface area contributed by atoms with Crippen LogP contribution in [0.2, 0.25) is 0 Å². The third-order valence-electron chi connectivity index (χ3n) is 4.18. The van der Waals surface area contributed by atoms with Crippen molar-refractivity contribution >= 4 is 10.8 Å². The molecular formula is C21H23NO. The smallest absolute Gasteiger partial charge is 0.124 e. The van der Waals surface area contributed by atoms with Gasteiger partial charge in [0.25, 0.3) is 0 Å². The number of ether oxygens (including phenoxy) is 1. The van der Waals surface area contributed by atoms with Gasteiger partial charge in [-0.05, 0) is 36.2 Å². The summed E-state index contributed by atoms with van der Waals surface area (Å²) in [4.78, 5) is 0. The lowest BCUT2D eigenvalue weighted by molar-refractivity contribution is 0.335. The Hall–Kier alpha value is -2.32. The molecule has 0 saturated heterocycles. The average molecular weight is 305 g/mol. The Morgan fingerprint density at radius 1 is 0.913 bits per heavy atom. The van der Waals surface area contributed by atoms with Crippen LogP contribution in [0.4, 0.5) is 0 Å². The van der Waals surface area contributed by atoms with E-state index in [1.807, 2.05) is 13.0 Å². The summed E-state index contributed by atoms with van der Waals surface area (Å²) in [5.41, 5.74) is 2.53. The van der Waals surface area contributed by atoms with Crippen LogP contribution in [0.3, 0.4) is 0 Å². The standard InChI is InChI=1S/C21H23NO/c1-3-23-21-14-13-18-11-7-8-12-19(18)20(21)15-22-16(2)17-9-5-4-6-10-17/h4-14,16,22H,3,15H2,1-2H3. The molecule has 0 aromatic heterocycles. The molecular weight excluding hydrogens is 282 g/mol. The molecule has 0 heterocycles. The van der Waals surface area contributed by atoms with Crippen LogP contribution in [-0.4, -0.2) is 6.61 Å². The fourth-order valence-electron chi connectivity index (χ4n) is 2.90. The van der Waals surface area contributed by atoms with Gasteiger partial charge in [-0.3, -0.25) is 0 Å². The second-order valence-electron chi connectivity index (χ2n) is 5.71. The van der Waals surface area contributed by atoms with E-state index in [0.717, 1.165) is 12.3 Å². The van der Waals surface area contributed by atoms with Gasteiger partial charge in [0.05, 0.1) is 6.61 Å². The Kier molecular flexibility index (Phi) is 4.94. The van der Waals surface area contributed by atoms with Crippen molar-refractivity contribution in [1.82, 2.24) is 5.32 Å². The zero-order valence-corrected chi connectivity index (χ0v) is 13.8. The molecule has 3 aromatic rings. The van der Waals surface area contributed by atoms with Crippen molar-refractivity contribution in [2.45, 2.75) is 26.4 Å². The molecule has 0 aliphatic heterocycles. The first-order valence-electron chi connectivity index (χ1n) is 8.21. The maximum atomic E-state index is 5.84. The fourth-order valence-corrected chi connectivity index (χ4v) is 2.90. The van der Waals surface area contributed by atoms with Crippen molar-refractivity contribution in [3.05, 3.63) is 77.9 Å². The van der Waals surface area contributed by atoms with Crippen LogP contribution >= 0.6 is 0 Å². The highest BCUT2D eigenvalue weighted by Crippen LogP contribution is 2.28. The van der Waals surface area contributed by atoms with Gasteiger partial charge in [-0.1, -0.05) is 60.7 Å². The van der Waals surface area contributed by atoms with Crippen LogP contribution in [0.1, 0.15) is 31.0 Å². The van der Waals surface area contributed by atoms with Crippen LogP contribution in [0.5, 0.6) is 5.75 Å². The van der Waals surface area contributed by atoms with E-state index in [-0.39, 0.29) is 0 Å². The molecule has 0 aliphatic carbocycles. The molecule has 2 nitrogen and oxygen atoms in total. The second-order valence-corrected chi connectivity index (χ2v) is 5.71. The normalized spacial score (nSPS) is 12.3. The van der Waals surface area contributed by atoms with Gasteiger partial charge in [-0.2, -0.15) is 0 Å². The van der Waals surface area contributed by atoms with Gasteiger partial charge in [0, 0.05) is 18.2 Å². The summed E-state index contributed by atoms with van der Waals surface area (Å²) in [6, 6.07) is 23.5. The quantitative estimate of drug-likeness (QED) is 0.685. The van der Waals surface area contributed by atoms with E-state index in [1.165, 1.54) is 21.9 Å². The van der Waals surface area contributed by atoms with Crippen molar-refractivity contribution in [2.24, 2.45) is 0 Å². The topological polar surface area (TPSA) is 21.3 Å². The van der Waals surface area contributed by atoms with E-state index < -0.39 is 0 Å². The molecule has 1 atom stereocenters. The van der Waals surface area contributed by atoms with Crippen molar-refractivity contribution in [3.8, 4) is 5.75 Å². The third-order valence-corrected chi connectivity index (χ3v) is 4.18. The SMILES string of the molecule is CCOc1ccc2ccccc2c1CNC(C)c1ccccc1. The Balaban J connectivity index is 1.87. The van der Waals surface area contributed by atoms with Crippen molar-refractivity contribution in [2.75, 3.05) is 6.61 Å². The molecule has 1 unspecified atom stereocenters. The van der Waals surface area contributed by atoms with E-state index in [2.05, 4.69) is 72.9 Å². The zero-order valence-electron chi connectivity index (χ0n) is 13.8. The van der Waals surface area contributed by atoms with E-state index >= 15 is 0 Å². The number of hydrogen-bond acceptors (Lipinski definition) is 2. The van der Waals surface area contributed by atoms with Crippen LogP contribution in [0.25, 0.3) is 10.8 Å². The van der Waals surface area contributed by atoms with E-state index in [0.29, 0.717) is 12.6 Å². The van der Waals surface area contributed by atoms with Crippen molar-refractivity contribution < 1.29 is 4.74 Å². The van der Waals surface area contributed by atoms with Gasteiger partial charge in [0.15, 0.2) is 0 Å². The Morgan fingerprint density at radius 3 is 2.43 bits per heavy atom. The molecule has 23 heavy (non-hydrogen) atoms. The summed E-state index contributed by atoms with van der Waals surface area (Å²) < 4.78 is 5.84. The molecule has 0 amide bonds. The molecule has 2 heteroatoms. The number of rotatable bonds is 6. The first kappa shape index (κ1) is 15.6. The molecule has 0 bridgehead atoms. The summed E-state index contributed by atoms with van der Waals surface area (Å²) in [5.74, 6) is 0.971. The lowest BCUT2D eigenvalue weighted by Crippen LogP contribution is -2.18. The summed E-state index contributed by atoms with van der Waals surface area (Å²) in [6.07, 6.45) is 0. The molecule has 0 spiro atoms. The van der Waals surface area contributed by atoms with Gasteiger partial charge in [0.2, 0.25) is 0 Å². The third kappa shape index (κ3) is 3.54. The van der Waals surface area contributed by atoms with Gasteiger partial charge in [-0.25, -0.2) is 0 Å². The predicted octanol–water partition coefficient (Wildman–Crippen LogP) is 5.09. The monoisotopic (exact) mass is 305 g/mol. The molecule has 0 fully saturated rings. The van der Waals surface area contributed by atoms with E-state index in [9.17, 15) is 0 Å². The maximum absolute atomic E-state index is 5.84. The van der Waals surface area contributed by atoms with Crippen molar-refractivity contribution in [1.29, 1.82) is 0 Å². The summed E-state index contributed by atoms with van der Waals surface area (Å²) in [5, 5.41) is 6.13. The summed E-state index contributed by atoms with van der Waals surface area (Å²) >= 11 is 0.